The van der Waals surface area contributed by atoms with Gasteiger partial charge in [0.15, 0.2) is 0 Å². The maximum absolute atomic E-state index is 10.2. The number of hydrogen-bond acceptors (Lipinski definition) is 3. The molecule has 1 aromatic heterocycles. The Morgan fingerprint density at radius 3 is 2.78 bits per heavy atom. The van der Waals surface area contributed by atoms with Crippen molar-refractivity contribution in [3.05, 3.63) is 18.2 Å². The maximum atomic E-state index is 10.2. The maximum Gasteiger partial charge on any atom is 0.108 e. The van der Waals surface area contributed by atoms with Crippen LogP contribution in [-0.4, -0.2) is 45.3 Å². The summed E-state index contributed by atoms with van der Waals surface area (Å²) in [5, 5.41) is 10.2. The molecule has 2 heterocycles. The first kappa shape index (κ1) is 13.6. The van der Waals surface area contributed by atoms with E-state index in [-0.39, 0.29) is 6.10 Å². The van der Waals surface area contributed by atoms with Gasteiger partial charge in [0.1, 0.15) is 5.82 Å². The van der Waals surface area contributed by atoms with Gasteiger partial charge >= 0.3 is 0 Å². The second-order valence-electron chi connectivity index (χ2n) is 5.49. The molecule has 1 aromatic rings. The molecule has 1 atom stereocenters. The average molecular weight is 251 g/mol. The van der Waals surface area contributed by atoms with Gasteiger partial charge in [-0.25, -0.2) is 4.98 Å². The second-order valence-corrected chi connectivity index (χ2v) is 5.49. The van der Waals surface area contributed by atoms with Crippen molar-refractivity contribution in [3.63, 3.8) is 0 Å². The molecule has 0 bridgehead atoms. The van der Waals surface area contributed by atoms with Gasteiger partial charge in [-0.1, -0.05) is 13.8 Å². The van der Waals surface area contributed by atoms with Crippen LogP contribution in [-0.2, 0) is 13.0 Å². The summed E-state index contributed by atoms with van der Waals surface area (Å²) in [5.41, 5.74) is 0. The molecule has 18 heavy (non-hydrogen) atoms. The van der Waals surface area contributed by atoms with Gasteiger partial charge in [0, 0.05) is 25.4 Å². The number of aromatic nitrogens is 2. The van der Waals surface area contributed by atoms with E-state index in [1.54, 1.807) is 0 Å². The van der Waals surface area contributed by atoms with Crippen LogP contribution in [0.2, 0.25) is 0 Å². The highest BCUT2D eigenvalue weighted by molar-refractivity contribution is 4.92. The standard InChI is InChI=1S/C14H25N3O/c1-3-14-15-6-9-17(14)11-13(18)10-16-7-4-12(2)5-8-16/h6,9,12-13,18H,3-5,7-8,10-11H2,1-2H3. The molecule has 0 amide bonds. The first-order chi connectivity index (χ1) is 8.69. The summed E-state index contributed by atoms with van der Waals surface area (Å²) >= 11 is 0. The number of aryl methyl sites for hydroxylation is 1. The molecule has 1 saturated heterocycles. The highest BCUT2D eigenvalue weighted by Gasteiger charge is 2.18. The van der Waals surface area contributed by atoms with Crippen molar-refractivity contribution in [2.75, 3.05) is 19.6 Å². The van der Waals surface area contributed by atoms with Gasteiger partial charge in [-0.2, -0.15) is 0 Å². The Morgan fingerprint density at radius 1 is 1.39 bits per heavy atom. The number of imidazole rings is 1. The van der Waals surface area contributed by atoms with E-state index in [2.05, 4.69) is 28.3 Å². The number of aliphatic hydroxyl groups excluding tert-OH is 1. The minimum atomic E-state index is -0.294. The van der Waals surface area contributed by atoms with Crippen molar-refractivity contribution >= 4 is 0 Å². The zero-order chi connectivity index (χ0) is 13.0. The molecule has 1 aliphatic rings. The normalized spacial score (nSPS) is 20.2. The topological polar surface area (TPSA) is 41.3 Å². The fraction of sp³-hybridized carbons (Fsp3) is 0.786. The Morgan fingerprint density at radius 2 is 2.11 bits per heavy atom. The Bertz CT molecular complexity index is 356. The van der Waals surface area contributed by atoms with Crippen LogP contribution < -0.4 is 0 Å². The predicted molar refractivity (Wildman–Crippen MR) is 72.4 cm³/mol. The summed E-state index contributed by atoms with van der Waals surface area (Å²) in [5.74, 6) is 1.90. The lowest BCUT2D eigenvalue weighted by molar-refractivity contribution is 0.0796. The van der Waals surface area contributed by atoms with Crippen LogP contribution in [0.4, 0.5) is 0 Å². The van der Waals surface area contributed by atoms with Crippen molar-refractivity contribution in [1.82, 2.24) is 14.5 Å². The minimum absolute atomic E-state index is 0.294. The van der Waals surface area contributed by atoms with Crippen LogP contribution in [0.5, 0.6) is 0 Å². The first-order valence-electron chi connectivity index (χ1n) is 7.09. The van der Waals surface area contributed by atoms with Gasteiger partial charge in [-0.15, -0.1) is 0 Å². The van der Waals surface area contributed by atoms with Gasteiger partial charge < -0.3 is 14.6 Å². The van der Waals surface area contributed by atoms with Gasteiger partial charge in [-0.3, -0.25) is 0 Å². The summed E-state index contributed by atoms with van der Waals surface area (Å²) in [4.78, 5) is 6.66. The molecular formula is C14H25N3O. The smallest absolute Gasteiger partial charge is 0.108 e. The zero-order valence-electron chi connectivity index (χ0n) is 11.5. The second kappa shape index (κ2) is 6.34. The third-order valence-electron chi connectivity index (χ3n) is 3.87. The summed E-state index contributed by atoms with van der Waals surface area (Å²) in [6.45, 7) is 8.11. The van der Waals surface area contributed by atoms with E-state index < -0.39 is 0 Å². The summed E-state index contributed by atoms with van der Waals surface area (Å²) in [7, 11) is 0. The molecule has 0 radical (unpaired) electrons. The molecule has 0 aliphatic carbocycles. The van der Waals surface area contributed by atoms with E-state index >= 15 is 0 Å². The number of likely N-dealkylation sites (tertiary alicyclic amines) is 1. The van der Waals surface area contributed by atoms with E-state index in [4.69, 9.17) is 0 Å². The molecule has 4 nitrogen and oxygen atoms in total. The highest BCUT2D eigenvalue weighted by atomic mass is 16.3. The molecule has 4 heteroatoms. The Labute approximate surface area is 110 Å². The van der Waals surface area contributed by atoms with E-state index in [1.807, 2.05) is 12.4 Å². The fourth-order valence-electron chi connectivity index (χ4n) is 2.65. The van der Waals surface area contributed by atoms with Crippen molar-refractivity contribution < 1.29 is 5.11 Å². The van der Waals surface area contributed by atoms with Crippen molar-refractivity contribution in [2.24, 2.45) is 5.92 Å². The van der Waals surface area contributed by atoms with E-state index in [0.29, 0.717) is 6.54 Å². The molecule has 102 valence electrons. The summed E-state index contributed by atoms with van der Waals surface area (Å²) < 4.78 is 2.07. The number of piperidine rings is 1. The molecule has 0 aromatic carbocycles. The van der Waals surface area contributed by atoms with Crippen LogP contribution in [0.3, 0.4) is 0 Å². The van der Waals surface area contributed by atoms with E-state index in [0.717, 1.165) is 37.8 Å². The number of hydrogen-bond donors (Lipinski definition) is 1. The molecule has 1 aliphatic heterocycles. The number of β-amino-alcohol motifs (C(OH)–C–C–N with tert-alkyl or cyclic N) is 1. The van der Waals surface area contributed by atoms with Gasteiger partial charge in [0.25, 0.3) is 0 Å². The van der Waals surface area contributed by atoms with E-state index in [1.165, 1.54) is 12.8 Å². The number of nitrogens with zero attached hydrogens (tertiary/aromatic N) is 3. The first-order valence-corrected chi connectivity index (χ1v) is 7.09. The molecule has 2 rings (SSSR count). The van der Waals surface area contributed by atoms with Gasteiger partial charge in [-0.05, 0) is 31.8 Å². The molecule has 1 fully saturated rings. The Hall–Kier alpha value is -0.870. The molecule has 0 saturated carbocycles. The van der Waals surface area contributed by atoms with Crippen LogP contribution in [0, 0.1) is 5.92 Å². The SMILES string of the molecule is CCc1nccn1CC(O)CN1CCC(C)CC1. The fourth-order valence-corrected chi connectivity index (χ4v) is 2.65. The number of rotatable bonds is 5. The molecule has 0 spiro atoms. The Balaban J connectivity index is 1.80. The zero-order valence-corrected chi connectivity index (χ0v) is 11.5. The van der Waals surface area contributed by atoms with Gasteiger partial charge in [0.2, 0.25) is 0 Å². The van der Waals surface area contributed by atoms with Gasteiger partial charge in [0.05, 0.1) is 12.6 Å². The van der Waals surface area contributed by atoms with Crippen LogP contribution in [0.25, 0.3) is 0 Å². The molecular weight excluding hydrogens is 226 g/mol. The third-order valence-corrected chi connectivity index (χ3v) is 3.87. The average Bonchev–Trinajstić information content (AvgIpc) is 2.79. The van der Waals surface area contributed by atoms with Crippen LogP contribution >= 0.6 is 0 Å². The largest absolute Gasteiger partial charge is 0.390 e. The molecule has 1 N–H and O–H groups in total. The van der Waals surface area contributed by atoms with Crippen LogP contribution in [0.15, 0.2) is 12.4 Å². The predicted octanol–water partition coefficient (Wildman–Crippen LogP) is 1.54. The lowest BCUT2D eigenvalue weighted by Gasteiger charge is -2.31. The summed E-state index contributed by atoms with van der Waals surface area (Å²) in [6, 6.07) is 0. The van der Waals surface area contributed by atoms with Crippen molar-refractivity contribution in [3.8, 4) is 0 Å². The Kier molecular flexibility index (Phi) is 4.78. The lowest BCUT2D eigenvalue weighted by Crippen LogP contribution is -2.39. The summed E-state index contributed by atoms with van der Waals surface area (Å²) in [6.07, 6.45) is 6.92. The van der Waals surface area contributed by atoms with E-state index in [9.17, 15) is 5.11 Å². The minimum Gasteiger partial charge on any atom is -0.390 e. The van der Waals surface area contributed by atoms with Crippen molar-refractivity contribution in [2.45, 2.75) is 45.8 Å². The third kappa shape index (κ3) is 3.56. The lowest BCUT2D eigenvalue weighted by atomic mass is 9.99. The van der Waals surface area contributed by atoms with Crippen LogP contribution in [0.1, 0.15) is 32.5 Å². The van der Waals surface area contributed by atoms with Crippen molar-refractivity contribution in [1.29, 1.82) is 0 Å². The quantitative estimate of drug-likeness (QED) is 0.863. The monoisotopic (exact) mass is 251 g/mol. The number of aliphatic hydroxyl groups is 1. The molecule has 1 unspecified atom stereocenters. The highest BCUT2D eigenvalue weighted by Crippen LogP contribution is 2.16.